The molecule has 0 amide bonds. The van der Waals surface area contributed by atoms with Crippen LogP contribution >= 0.6 is 0 Å². The summed E-state index contributed by atoms with van der Waals surface area (Å²) in [4.78, 5) is 15.9. The van der Waals surface area contributed by atoms with Crippen molar-refractivity contribution in [1.82, 2.24) is 10.1 Å². The molecular weight excluding hydrogens is 358 g/mol. The molecule has 0 spiro atoms. The fourth-order valence-electron chi connectivity index (χ4n) is 2.12. The molecule has 8 heteroatoms. The molecule has 27 heavy (non-hydrogen) atoms. The molecule has 0 aliphatic rings. The summed E-state index contributed by atoms with van der Waals surface area (Å²) in [5.41, 5.74) is 1.41. The van der Waals surface area contributed by atoms with Gasteiger partial charge in [-0.2, -0.15) is 13.8 Å². The van der Waals surface area contributed by atoms with E-state index in [0.717, 1.165) is 5.56 Å². The van der Waals surface area contributed by atoms with Crippen LogP contribution in [0.2, 0.25) is 0 Å². The van der Waals surface area contributed by atoms with Gasteiger partial charge in [-0.1, -0.05) is 47.6 Å². The number of hydrogen-bond donors (Lipinski definition) is 0. The summed E-state index contributed by atoms with van der Waals surface area (Å²) in [7, 11) is 0. The number of carbonyl (C=O) groups is 1. The molecule has 0 N–H and O–H groups in total. The monoisotopic (exact) mass is 372 g/mol. The molecule has 0 unspecified atom stereocenters. The van der Waals surface area contributed by atoms with Gasteiger partial charge in [0, 0.05) is 11.6 Å². The van der Waals surface area contributed by atoms with Gasteiger partial charge in [0.2, 0.25) is 5.82 Å². The maximum atomic E-state index is 12.1. The predicted molar refractivity (Wildman–Crippen MR) is 91.6 cm³/mol. The number of hydrogen-bond acceptors (Lipinski definition) is 6. The molecule has 0 aliphatic carbocycles. The van der Waals surface area contributed by atoms with E-state index < -0.39 is 12.6 Å². The fourth-order valence-corrected chi connectivity index (χ4v) is 2.12. The van der Waals surface area contributed by atoms with Gasteiger partial charge in [0.05, 0.1) is 0 Å². The Kier molecular flexibility index (Phi) is 5.88. The summed E-state index contributed by atoms with van der Waals surface area (Å²) in [6, 6.07) is 15.1. The van der Waals surface area contributed by atoms with Gasteiger partial charge in [0.25, 0.3) is 5.89 Å². The molecule has 0 saturated heterocycles. The first-order valence-electron chi connectivity index (χ1n) is 7.88. The van der Waals surface area contributed by atoms with E-state index in [4.69, 9.17) is 9.26 Å². The number of halogens is 2. The average molecular weight is 372 g/mol. The number of carbonyl (C=O) groups excluding carboxylic acids is 1. The van der Waals surface area contributed by atoms with Crippen molar-refractivity contribution in [2.75, 3.05) is 0 Å². The third kappa shape index (κ3) is 5.46. The van der Waals surface area contributed by atoms with E-state index in [2.05, 4.69) is 14.9 Å². The number of benzene rings is 2. The number of aromatic nitrogens is 2. The van der Waals surface area contributed by atoms with Crippen molar-refractivity contribution in [3.05, 3.63) is 72.1 Å². The number of nitrogens with zero attached hydrogens (tertiary/aromatic N) is 2. The molecular formula is C19H14F2N2O4. The molecule has 3 aromatic rings. The van der Waals surface area contributed by atoms with Crippen LogP contribution in [-0.2, 0) is 16.1 Å². The predicted octanol–water partition coefficient (Wildman–Crippen LogP) is 4.09. The van der Waals surface area contributed by atoms with Gasteiger partial charge in [-0.05, 0) is 23.8 Å². The first-order valence-corrected chi connectivity index (χ1v) is 7.88. The Hall–Kier alpha value is -3.55. The highest BCUT2D eigenvalue weighted by atomic mass is 19.3. The number of rotatable bonds is 7. The summed E-state index contributed by atoms with van der Waals surface area (Å²) in [6.07, 6.45) is 2.69. The summed E-state index contributed by atoms with van der Waals surface area (Å²) in [5.74, 6) is 0.00473. The van der Waals surface area contributed by atoms with Gasteiger partial charge in [0.15, 0.2) is 6.61 Å². The Morgan fingerprint density at radius 3 is 2.56 bits per heavy atom. The van der Waals surface area contributed by atoms with Gasteiger partial charge >= 0.3 is 12.6 Å². The van der Waals surface area contributed by atoms with E-state index in [-0.39, 0.29) is 18.2 Å². The van der Waals surface area contributed by atoms with E-state index in [1.165, 1.54) is 36.4 Å². The van der Waals surface area contributed by atoms with Gasteiger partial charge in [-0.15, -0.1) is 0 Å². The number of esters is 1. The Balaban J connectivity index is 1.51. The quantitative estimate of drug-likeness (QED) is 0.459. The number of ether oxygens (including phenoxy) is 2. The summed E-state index contributed by atoms with van der Waals surface area (Å²) < 4.78 is 38.5. The lowest BCUT2D eigenvalue weighted by molar-refractivity contribution is -0.139. The Labute approximate surface area is 153 Å². The van der Waals surface area contributed by atoms with Crippen molar-refractivity contribution in [3.63, 3.8) is 0 Å². The molecule has 0 radical (unpaired) electrons. The van der Waals surface area contributed by atoms with Crippen LogP contribution in [0, 0.1) is 0 Å². The zero-order valence-electron chi connectivity index (χ0n) is 13.9. The summed E-state index contributed by atoms with van der Waals surface area (Å²) >= 11 is 0. The highest BCUT2D eigenvalue weighted by molar-refractivity contribution is 5.87. The van der Waals surface area contributed by atoms with Gasteiger partial charge in [-0.3, -0.25) is 0 Å². The van der Waals surface area contributed by atoms with Crippen LogP contribution in [0.1, 0.15) is 11.5 Å². The molecule has 1 aromatic heterocycles. The van der Waals surface area contributed by atoms with E-state index in [9.17, 15) is 13.6 Å². The smallest absolute Gasteiger partial charge is 0.387 e. The average Bonchev–Trinajstić information content (AvgIpc) is 3.15. The Morgan fingerprint density at radius 2 is 1.85 bits per heavy atom. The van der Waals surface area contributed by atoms with Crippen LogP contribution < -0.4 is 4.74 Å². The SMILES string of the molecule is O=C(/C=C/c1ccc(OC(F)F)cc1)OCc1nc(-c2ccccc2)no1. The van der Waals surface area contributed by atoms with Crippen LogP contribution in [0.15, 0.2) is 65.2 Å². The molecule has 6 nitrogen and oxygen atoms in total. The first kappa shape index (κ1) is 18.2. The molecule has 138 valence electrons. The largest absolute Gasteiger partial charge is 0.452 e. The summed E-state index contributed by atoms with van der Waals surface area (Å²) in [6.45, 7) is -3.04. The second kappa shape index (κ2) is 8.70. The van der Waals surface area contributed by atoms with Crippen molar-refractivity contribution < 1.29 is 27.6 Å². The molecule has 3 rings (SSSR count). The molecule has 0 bridgehead atoms. The first-order chi connectivity index (χ1) is 13.1. The highest BCUT2D eigenvalue weighted by Gasteiger charge is 2.09. The van der Waals surface area contributed by atoms with Crippen LogP contribution in [0.5, 0.6) is 5.75 Å². The highest BCUT2D eigenvalue weighted by Crippen LogP contribution is 2.16. The Bertz CT molecular complexity index is 909. The topological polar surface area (TPSA) is 74.5 Å². The van der Waals surface area contributed by atoms with Gasteiger partial charge in [0.1, 0.15) is 5.75 Å². The molecule has 0 saturated carbocycles. The Morgan fingerprint density at radius 1 is 1.11 bits per heavy atom. The zero-order valence-corrected chi connectivity index (χ0v) is 13.9. The second-order valence-corrected chi connectivity index (χ2v) is 5.27. The van der Waals surface area contributed by atoms with Crippen molar-refractivity contribution >= 4 is 12.0 Å². The molecule has 1 heterocycles. The third-order valence-corrected chi connectivity index (χ3v) is 3.36. The molecule has 0 aliphatic heterocycles. The normalized spacial score (nSPS) is 11.1. The minimum atomic E-state index is -2.88. The van der Waals surface area contributed by atoms with Gasteiger partial charge < -0.3 is 14.0 Å². The minimum absolute atomic E-state index is 0.0374. The lowest BCUT2D eigenvalue weighted by atomic mass is 10.2. The van der Waals surface area contributed by atoms with Crippen LogP contribution in [0.25, 0.3) is 17.5 Å². The zero-order chi connectivity index (χ0) is 19.1. The van der Waals surface area contributed by atoms with E-state index >= 15 is 0 Å². The molecule has 2 aromatic carbocycles. The van der Waals surface area contributed by atoms with E-state index in [1.54, 1.807) is 0 Å². The molecule has 0 fully saturated rings. The maximum Gasteiger partial charge on any atom is 0.387 e. The fraction of sp³-hybridized carbons (Fsp3) is 0.105. The number of alkyl halides is 2. The molecule has 0 atom stereocenters. The van der Waals surface area contributed by atoms with Crippen LogP contribution in [-0.4, -0.2) is 22.7 Å². The van der Waals surface area contributed by atoms with E-state index in [1.807, 2.05) is 30.3 Å². The van der Waals surface area contributed by atoms with Crippen LogP contribution in [0.4, 0.5) is 8.78 Å². The summed E-state index contributed by atoms with van der Waals surface area (Å²) in [5, 5.41) is 3.83. The maximum absolute atomic E-state index is 12.1. The standard InChI is InChI=1S/C19H14F2N2O4/c20-19(21)26-15-9-6-13(7-10-15)8-11-17(24)25-12-16-22-18(23-27-16)14-4-2-1-3-5-14/h1-11,19H,12H2/b11-8+. The van der Waals surface area contributed by atoms with Gasteiger partial charge in [-0.25, -0.2) is 4.79 Å². The van der Waals surface area contributed by atoms with E-state index in [0.29, 0.717) is 11.4 Å². The van der Waals surface area contributed by atoms with Crippen molar-refractivity contribution in [3.8, 4) is 17.1 Å². The minimum Gasteiger partial charge on any atom is -0.452 e. The van der Waals surface area contributed by atoms with Crippen molar-refractivity contribution in [1.29, 1.82) is 0 Å². The van der Waals surface area contributed by atoms with Crippen molar-refractivity contribution in [2.45, 2.75) is 13.2 Å². The lowest BCUT2D eigenvalue weighted by Crippen LogP contribution is -2.01. The van der Waals surface area contributed by atoms with Crippen molar-refractivity contribution in [2.24, 2.45) is 0 Å². The lowest BCUT2D eigenvalue weighted by Gasteiger charge is -2.03. The van der Waals surface area contributed by atoms with Crippen LogP contribution in [0.3, 0.4) is 0 Å². The third-order valence-electron chi connectivity index (χ3n) is 3.36. The second-order valence-electron chi connectivity index (χ2n) is 5.27.